The van der Waals surface area contributed by atoms with Gasteiger partial charge in [0.2, 0.25) is 0 Å². The Morgan fingerprint density at radius 1 is 0.972 bits per heavy atom. The minimum atomic E-state index is -4.76. The van der Waals surface area contributed by atoms with Gasteiger partial charge >= 0.3 is 6.18 Å². The number of hydrogen-bond donors (Lipinski definition) is 2. The Balaban J connectivity index is 1.29. The molecule has 0 aliphatic carbocycles. The van der Waals surface area contributed by atoms with E-state index in [1.54, 1.807) is 12.4 Å². The fourth-order valence-corrected chi connectivity index (χ4v) is 4.05. The average molecular weight is 493 g/mol. The first-order valence-electron chi connectivity index (χ1n) is 11.3. The van der Waals surface area contributed by atoms with Crippen LogP contribution in [0.2, 0.25) is 0 Å². The molecule has 2 N–H and O–H groups in total. The van der Waals surface area contributed by atoms with E-state index in [9.17, 15) is 18.0 Å². The number of rotatable bonds is 7. The number of amides is 1. The van der Waals surface area contributed by atoms with E-state index in [1.807, 2.05) is 66.3 Å². The summed E-state index contributed by atoms with van der Waals surface area (Å²) in [6.45, 7) is 2.75. The van der Waals surface area contributed by atoms with Crippen molar-refractivity contribution in [1.82, 2.24) is 29.9 Å². The number of alkyl halides is 3. The largest absolute Gasteiger partial charge is 0.435 e. The van der Waals surface area contributed by atoms with Crippen LogP contribution in [0.5, 0.6) is 0 Å². The molecule has 7 nitrogen and oxygen atoms in total. The van der Waals surface area contributed by atoms with Crippen LogP contribution in [-0.2, 0) is 25.8 Å². The van der Waals surface area contributed by atoms with Crippen LogP contribution in [0, 0.1) is 6.92 Å². The second kappa shape index (κ2) is 9.37. The summed E-state index contributed by atoms with van der Waals surface area (Å²) in [7, 11) is 0. The zero-order valence-electron chi connectivity index (χ0n) is 19.4. The second-order valence-corrected chi connectivity index (χ2v) is 8.70. The summed E-state index contributed by atoms with van der Waals surface area (Å²) in [5, 5.41) is 11.5. The lowest BCUT2D eigenvalue weighted by Gasteiger charge is -2.07. The fraction of sp³-hybridized carbons (Fsp3) is 0.192. The summed E-state index contributed by atoms with van der Waals surface area (Å²) >= 11 is 0. The number of aromatic nitrogens is 5. The zero-order valence-corrected chi connectivity index (χ0v) is 19.4. The van der Waals surface area contributed by atoms with Gasteiger partial charge in [-0.15, -0.1) is 0 Å². The van der Waals surface area contributed by atoms with Crippen molar-refractivity contribution in [1.29, 1.82) is 0 Å². The van der Waals surface area contributed by atoms with Gasteiger partial charge < -0.3 is 10.3 Å². The van der Waals surface area contributed by atoms with Crippen molar-refractivity contribution in [3.05, 3.63) is 107 Å². The molecule has 0 spiro atoms. The van der Waals surface area contributed by atoms with Gasteiger partial charge in [0.05, 0.1) is 24.8 Å². The van der Waals surface area contributed by atoms with Gasteiger partial charge in [-0.3, -0.25) is 14.2 Å². The summed E-state index contributed by atoms with van der Waals surface area (Å²) in [4.78, 5) is 15.8. The third-order valence-corrected chi connectivity index (χ3v) is 5.82. The Hall–Kier alpha value is -4.34. The van der Waals surface area contributed by atoms with Crippen LogP contribution in [-0.4, -0.2) is 30.5 Å². The molecule has 0 fully saturated rings. The van der Waals surface area contributed by atoms with Crippen LogP contribution in [0.4, 0.5) is 13.2 Å². The first-order chi connectivity index (χ1) is 17.2. The predicted molar refractivity (Wildman–Crippen MR) is 128 cm³/mol. The van der Waals surface area contributed by atoms with Gasteiger partial charge in [-0.2, -0.15) is 23.4 Å². The van der Waals surface area contributed by atoms with E-state index in [2.05, 4.69) is 20.5 Å². The van der Waals surface area contributed by atoms with E-state index >= 15 is 0 Å². The van der Waals surface area contributed by atoms with Gasteiger partial charge in [-0.25, -0.2) is 0 Å². The Kier molecular flexibility index (Phi) is 6.09. The summed E-state index contributed by atoms with van der Waals surface area (Å²) in [6.07, 6.45) is 1.90. The molecule has 5 aromatic rings. The van der Waals surface area contributed by atoms with E-state index in [0.717, 1.165) is 44.0 Å². The number of halogens is 3. The molecule has 0 saturated carbocycles. The average Bonchev–Trinajstić information content (AvgIpc) is 3.58. The van der Waals surface area contributed by atoms with Gasteiger partial charge in [0.1, 0.15) is 0 Å². The number of nitrogens with one attached hydrogen (secondary N) is 2. The monoisotopic (exact) mass is 492 g/mol. The molecule has 0 aliphatic rings. The summed E-state index contributed by atoms with van der Waals surface area (Å²) in [6, 6.07) is 14.9. The number of hydrogen-bond acceptors (Lipinski definition) is 3. The van der Waals surface area contributed by atoms with Crippen molar-refractivity contribution in [2.45, 2.75) is 32.7 Å². The number of aryl methyl sites for hydroxylation is 1. The molecular weight excluding hydrogens is 469 g/mol. The fourth-order valence-electron chi connectivity index (χ4n) is 4.05. The molecule has 0 saturated heterocycles. The highest BCUT2D eigenvalue weighted by atomic mass is 19.4. The van der Waals surface area contributed by atoms with Gasteiger partial charge in [-0.1, -0.05) is 30.3 Å². The maximum atomic E-state index is 13.7. The predicted octanol–water partition coefficient (Wildman–Crippen LogP) is 4.91. The third kappa shape index (κ3) is 5.17. The Morgan fingerprint density at radius 2 is 1.67 bits per heavy atom. The lowest BCUT2D eigenvalue weighted by Crippen LogP contribution is -2.25. The molecule has 184 valence electrons. The lowest BCUT2D eigenvalue weighted by atomic mass is 10.1. The first kappa shape index (κ1) is 23.4. The number of benzene rings is 2. The van der Waals surface area contributed by atoms with Crippen molar-refractivity contribution >= 4 is 16.8 Å². The SMILES string of the molecule is Cc1cnn(Cc2ccc(Cn3cc(C(=O)NCc4ccc5[nH]ccc5c4)c(C(F)(F)F)n3)cc2)c1. The molecule has 1 amide bonds. The molecule has 0 aliphatic heterocycles. The maximum absolute atomic E-state index is 13.7. The van der Waals surface area contributed by atoms with E-state index < -0.39 is 23.3 Å². The number of fused-ring (bicyclic) bond motifs is 1. The number of H-pyrrole nitrogens is 1. The highest BCUT2D eigenvalue weighted by Gasteiger charge is 2.39. The standard InChI is InChI=1S/C26H23F3N6O/c1-17-11-32-34(13-17)14-18-2-4-19(5-3-18)15-35-16-22(24(33-35)26(27,28)29)25(36)31-12-20-6-7-23-21(10-20)8-9-30-23/h2-11,13,16,30H,12,14-15H2,1H3,(H,31,36). The van der Waals surface area contributed by atoms with Crippen molar-refractivity contribution in [3.8, 4) is 0 Å². The van der Waals surface area contributed by atoms with E-state index in [0.29, 0.717) is 6.54 Å². The molecule has 0 bridgehead atoms. The maximum Gasteiger partial charge on any atom is 0.435 e. The normalized spacial score (nSPS) is 11.8. The summed E-state index contributed by atoms with van der Waals surface area (Å²) in [5.41, 5.74) is 2.85. The van der Waals surface area contributed by atoms with Crippen LogP contribution >= 0.6 is 0 Å². The number of carbonyl (C=O) groups excluding carboxylic acids is 1. The molecular formula is C26H23F3N6O. The van der Waals surface area contributed by atoms with Gasteiger partial charge in [-0.05, 0) is 52.8 Å². The number of aromatic amines is 1. The molecule has 3 aromatic heterocycles. The Bertz CT molecular complexity index is 1510. The third-order valence-electron chi connectivity index (χ3n) is 5.82. The first-order valence-corrected chi connectivity index (χ1v) is 11.3. The molecule has 10 heteroatoms. The number of carbonyl (C=O) groups is 1. The molecule has 0 atom stereocenters. The molecule has 0 unspecified atom stereocenters. The van der Waals surface area contributed by atoms with Crippen molar-refractivity contribution < 1.29 is 18.0 Å². The molecule has 0 radical (unpaired) electrons. The Morgan fingerprint density at radius 3 is 2.33 bits per heavy atom. The van der Waals surface area contributed by atoms with Crippen LogP contribution < -0.4 is 5.32 Å². The van der Waals surface area contributed by atoms with E-state index in [1.165, 1.54) is 0 Å². The smallest absolute Gasteiger partial charge is 0.361 e. The topological polar surface area (TPSA) is 80.5 Å². The van der Waals surface area contributed by atoms with Gasteiger partial charge in [0.15, 0.2) is 5.69 Å². The highest BCUT2D eigenvalue weighted by Crippen LogP contribution is 2.31. The van der Waals surface area contributed by atoms with E-state index in [4.69, 9.17) is 0 Å². The van der Waals surface area contributed by atoms with E-state index in [-0.39, 0.29) is 13.1 Å². The van der Waals surface area contributed by atoms with Crippen LogP contribution in [0.25, 0.3) is 10.9 Å². The van der Waals surface area contributed by atoms with Crippen LogP contribution in [0.1, 0.15) is 38.3 Å². The minimum absolute atomic E-state index is 0.0969. The van der Waals surface area contributed by atoms with Gasteiger partial charge in [0, 0.05) is 30.7 Å². The van der Waals surface area contributed by atoms with Gasteiger partial charge in [0.25, 0.3) is 5.91 Å². The van der Waals surface area contributed by atoms with Crippen molar-refractivity contribution in [2.75, 3.05) is 0 Å². The van der Waals surface area contributed by atoms with Crippen molar-refractivity contribution in [3.63, 3.8) is 0 Å². The molecule has 5 rings (SSSR count). The highest BCUT2D eigenvalue weighted by molar-refractivity contribution is 5.95. The molecule has 3 heterocycles. The van der Waals surface area contributed by atoms with Crippen LogP contribution in [0.15, 0.2) is 73.3 Å². The van der Waals surface area contributed by atoms with Crippen molar-refractivity contribution in [2.24, 2.45) is 0 Å². The lowest BCUT2D eigenvalue weighted by molar-refractivity contribution is -0.141. The second-order valence-electron chi connectivity index (χ2n) is 8.70. The summed E-state index contributed by atoms with van der Waals surface area (Å²) in [5.74, 6) is -0.826. The molecule has 2 aromatic carbocycles. The number of nitrogens with zero attached hydrogens (tertiary/aromatic N) is 4. The molecule has 36 heavy (non-hydrogen) atoms. The summed E-state index contributed by atoms with van der Waals surface area (Å²) < 4.78 is 43.9. The Labute approximate surface area is 204 Å². The minimum Gasteiger partial charge on any atom is -0.361 e. The zero-order chi connectivity index (χ0) is 25.3. The van der Waals surface area contributed by atoms with Crippen LogP contribution in [0.3, 0.4) is 0 Å². The quantitative estimate of drug-likeness (QED) is 0.339.